The zero-order valence-corrected chi connectivity index (χ0v) is 16.2. The van der Waals surface area contributed by atoms with Crippen molar-refractivity contribution in [3.8, 4) is 0 Å². The number of carbonyl (C=O) groups excluding carboxylic acids is 5. The van der Waals surface area contributed by atoms with Crippen molar-refractivity contribution in [3.05, 3.63) is 48.2 Å². The van der Waals surface area contributed by atoms with E-state index in [1.165, 1.54) is 0 Å². The minimum absolute atomic E-state index is 0.126. The first-order chi connectivity index (χ1) is 13.3. The van der Waals surface area contributed by atoms with Gasteiger partial charge in [-0.2, -0.15) is 0 Å². The second-order valence-electron chi connectivity index (χ2n) is 5.60. The molecule has 0 aliphatic rings. The van der Waals surface area contributed by atoms with Gasteiger partial charge in [0.15, 0.2) is 0 Å². The first kappa shape index (κ1) is 22.9. The molecule has 0 atom stereocenters. The maximum Gasteiger partial charge on any atom is 0.243 e. The lowest BCUT2D eigenvalue weighted by Gasteiger charge is -2.08. The van der Waals surface area contributed by atoms with E-state index in [-0.39, 0.29) is 30.5 Å². The predicted octanol–water partition coefficient (Wildman–Crippen LogP) is -0.442. The molecule has 150 valence electrons. The Balaban J connectivity index is 2.17. The van der Waals surface area contributed by atoms with E-state index < -0.39 is 23.6 Å². The van der Waals surface area contributed by atoms with Crippen LogP contribution in [-0.4, -0.2) is 54.1 Å². The molecule has 0 saturated carbocycles. The van der Waals surface area contributed by atoms with Crippen LogP contribution in [0.4, 0.5) is 0 Å². The predicted molar refractivity (Wildman–Crippen MR) is 105 cm³/mol. The largest absolute Gasteiger partial charge is 0.346 e. The SMILES string of the molecule is C=C(C)NC(=O)CNC(=O)CNC(=O)CNC(=O)CSC(=O)c1ccccc1. The maximum absolute atomic E-state index is 11.9. The van der Waals surface area contributed by atoms with Crippen molar-refractivity contribution in [2.24, 2.45) is 0 Å². The van der Waals surface area contributed by atoms with E-state index in [1.54, 1.807) is 37.3 Å². The van der Waals surface area contributed by atoms with Crippen molar-refractivity contribution >= 4 is 40.5 Å². The van der Waals surface area contributed by atoms with Crippen LogP contribution in [0.2, 0.25) is 0 Å². The number of rotatable bonds is 10. The lowest BCUT2D eigenvalue weighted by atomic mass is 10.2. The second-order valence-corrected chi connectivity index (χ2v) is 6.55. The smallest absolute Gasteiger partial charge is 0.243 e. The summed E-state index contributed by atoms with van der Waals surface area (Å²) in [4.78, 5) is 58.0. The van der Waals surface area contributed by atoms with Gasteiger partial charge in [-0.1, -0.05) is 48.7 Å². The highest BCUT2D eigenvalue weighted by Gasteiger charge is 2.12. The Labute approximate surface area is 166 Å². The Kier molecular flexibility index (Phi) is 10.0. The molecule has 1 aromatic rings. The van der Waals surface area contributed by atoms with Gasteiger partial charge < -0.3 is 21.3 Å². The highest BCUT2D eigenvalue weighted by molar-refractivity contribution is 8.14. The van der Waals surface area contributed by atoms with Crippen molar-refractivity contribution < 1.29 is 24.0 Å². The zero-order valence-electron chi connectivity index (χ0n) is 15.4. The van der Waals surface area contributed by atoms with Gasteiger partial charge in [-0.05, 0) is 6.92 Å². The van der Waals surface area contributed by atoms with Crippen molar-refractivity contribution in [2.75, 3.05) is 25.4 Å². The number of allylic oxidation sites excluding steroid dienone is 1. The van der Waals surface area contributed by atoms with E-state index in [1.807, 2.05) is 0 Å². The minimum atomic E-state index is -0.575. The van der Waals surface area contributed by atoms with Crippen LogP contribution in [0.1, 0.15) is 17.3 Å². The van der Waals surface area contributed by atoms with Crippen molar-refractivity contribution in [2.45, 2.75) is 6.92 Å². The van der Waals surface area contributed by atoms with Crippen LogP contribution in [0, 0.1) is 0 Å². The molecular weight excluding hydrogens is 384 g/mol. The number of hydrogen-bond donors (Lipinski definition) is 4. The lowest BCUT2D eigenvalue weighted by molar-refractivity contribution is -0.128. The zero-order chi connectivity index (χ0) is 20.9. The number of thioether (sulfide) groups is 1. The first-order valence-corrected chi connectivity index (χ1v) is 9.24. The highest BCUT2D eigenvalue weighted by Crippen LogP contribution is 2.11. The van der Waals surface area contributed by atoms with E-state index in [0.717, 1.165) is 11.8 Å². The van der Waals surface area contributed by atoms with Gasteiger partial charge in [-0.15, -0.1) is 0 Å². The van der Waals surface area contributed by atoms with Crippen LogP contribution in [-0.2, 0) is 19.2 Å². The Morgan fingerprint density at radius 2 is 1.32 bits per heavy atom. The molecule has 10 heteroatoms. The standard InChI is InChI=1S/C18H22N4O5S/c1-12(2)22-16(25)10-20-14(23)8-19-15(24)9-21-17(26)11-28-18(27)13-6-4-3-5-7-13/h3-7H,1,8-11H2,2H3,(H,19,24)(H,20,23)(H,21,26)(H,22,25). The number of benzene rings is 1. The summed E-state index contributed by atoms with van der Waals surface area (Å²) in [6, 6.07) is 8.52. The Morgan fingerprint density at radius 3 is 1.86 bits per heavy atom. The van der Waals surface area contributed by atoms with Gasteiger partial charge in [0.1, 0.15) is 0 Å². The first-order valence-electron chi connectivity index (χ1n) is 8.25. The van der Waals surface area contributed by atoms with Gasteiger partial charge in [0.25, 0.3) is 0 Å². The molecule has 0 fully saturated rings. The van der Waals surface area contributed by atoms with Crippen LogP contribution in [0.5, 0.6) is 0 Å². The quantitative estimate of drug-likeness (QED) is 0.416. The Morgan fingerprint density at radius 1 is 0.821 bits per heavy atom. The minimum Gasteiger partial charge on any atom is -0.346 e. The van der Waals surface area contributed by atoms with Crippen LogP contribution < -0.4 is 21.3 Å². The fourth-order valence-electron chi connectivity index (χ4n) is 1.78. The van der Waals surface area contributed by atoms with Gasteiger partial charge in [-0.25, -0.2) is 0 Å². The van der Waals surface area contributed by atoms with E-state index in [9.17, 15) is 24.0 Å². The summed E-state index contributed by atoms with van der Waals surface area (Å²) in [5.74, 6) is -2.17. The number of nitrogens with one attached hydrogen (secondary N) is 4. The van der Waals surface area contributed by atoms with Crippen molar-refractivity contribution in [1.29, 1.82) is 0 Å². The molecule has 0 unspecified atom stereocenters. The lowest BCUT2D eigenvalue weighted by Crippen LogP contribution is -2.44. The Bertz CT molecular complexity index is 752. The molecule has 28 heavy (non-hydrogen) atoms. The normalized spacial score (nSPS) is 9.75. The number of carbonyl (C=O) groups is 5. The van der Waals surface area contributed by atoms with Crippen LogP contribution in [0.3, 0.4) is 0 Å². The summed E-state index contributed by atoms with van der Waals surface area (Å²) >= 11 is 0.830. The molecule has 0 aliphatic heterocycles. The summed E-state index contributed by atoms with van der Waals surface area (Å²) < 4.78 is 0. The van der Waals surface area contributed by atoms with Crippen molar-refractivity contribution in [3.63, 3.8) is 0 Å². The van der Waals surface area contributed by atoms with E-state index in [0.29, 0.717) is 11.3 Å². The third kappa shape index (κ3) is 10.1. The molecule has 0 spiro atoms. The maximum atomic E-state index is 11.9. The van der Waals surface area contributed by atoms with E-state index in [2.05, 4.69) is 27.8 Å². The summed E-state index contributed by atoms with van der Waals surface area (Å²) in [6.07, 6.45) is 0. The molecule has 0 radical (unpaired) electrons. The molecule has 0 saturated heterocycles. The molecule has 4 amide bonds. The third-order valence-corrected chi connectivity index (χ3v) is 3.94. The fraction of sp³-hybridized carbons (Fsp3) is 0.278. The van der Waals surface area contributed by atoms with E-state index >= 15 is 0 Å². The highest BCUT2D eigenvalue weighted by atomic mass is 32.2. The molecule has 9 nitrogen and oxygen atoms in total. The van der Waals surface area contributed by atoms with Gasteiger partial charge in [0.2, 0.25) is 28.7 Å². The number of hydrogen-bond acceptors (Lipinski definition) is 6. The summed E-state index contributed by atoms with van der Waals surface area (Å²) in [5.41, 5.74) is 0.938. The molecule has 0 bridgehead atoms. The monoisotopic (exact) mass is 406 g/mol. The second kappa shape index (κ2) is 12.3. The molecule has 0 aliphatic carbocycles. The molecule has 0 aromatic heterocycles. The van der Waals surface area contributed by atoms with Gasteiger partial charge in [-0.3, -0.25) is 24.0 Å². The molecule has 0 heterocycles. The fourth-order valence-corrected chi connectivity index (χ4v) is 2.45. The molecule has 4 N–H and O–H groups in total. The molecule has 1 rings (SSSR count). The summed E-state index contributed by atoms with van der Waals surface area (Å²) in [6.45, 7) is 4.19. The van der Waals surface area contributed by atoms with E-state index in [4.69, 9.17) is 0 Å². The van der Waals surface area contributed by atoms with Crippen LogP contribution in [0.15, 0.2) is 42.6 Å². The average molecular weight is 406 g/mol. The van der Waals surface area contributed by atoms with Crippen LogP contribution in [0.25, 0.3) is 0 Å². The van der Waals surface area contributed by atoms with Gasteiger partial charge in [0, 0.05) is 11.3 Å². The summed E-state index contributed by atoms with van der Waals surface area (Å²) in [7, 11) is 0. The van der Waals surface area contributed by atoms with Gasteiger partial charge in [0.05, 0.1) is 25.4 Å². The topological polar surface area (TPSA) is 133 Å². The molecular formula is C18H22N4O5S. The summed E-state index contributed by atoms with van der Waals surface area (Å²) in [5, 5.41) is 9.16. The third-order valence-electron chi connectivity index (χ3n) is 3.03. The number of amides is 4. The van der Waals surface area contributed by atoms with Crippen molar-refractivity contribution in [1.82, 2.24) is 21.3 Å². The van der Waals surface area contributed by atoms with Crippen LogP contribution >= 0.6 is 11.8 Å². The average Bonchev–Trinajstić information content (AvgIpc) is 2.67. The molecule has 1 aromatic carbocycles. The van der Waals surface area contributed by atoms with Gasteiger partial charge >= 0.3 is 0 Å². The Hall–Kier alpha value is -3.14.